The lowest BCUT2D eigenvalue weighted by atomic mass is 10.0. The number of nitrogens with zero attached hydrogens (tertiary/aromatic N) is 3. The molecule has 8 heteroatoms. The van der Waals surface area contributed by atoms with Crippen molar-refractivity contribution in [3.8, 4) is 11.5 Å². The molecule has 6 nitrogen and oxygen atoms in total. The van der Waals surface area contributed by atoms with Crippen LogP contribution in [0.25, 0.3) is 16.6 Å². The van der Waals surface area contributed by atoms with Crippen molar-refractivity contribution in [3.63, 3.8) is 0 Å². The Kier molecular flexibility index (Phi) is 5.43. The molecule has 0 atom stereocenters. The van der Waals surface area contributed by atoms with E-state index in [0.717, 1.165) is 30.7 Å². The number of rotatable bonds is 5. The van der Waals surface area contributed by atoms with Crippen LogP contribution in [-0.2, 0) is 0 Å². The second-order valence-corrected chi connectivity index (χ2v) is 8.29. The van der Waals surface area contributed by atoms with E-state index in [0.29, 0.717) is 27.4 Å². The summed E-state index contributed by atoms with van der Waals surface area (Å²) in [5.74, 6) is 0.212. The fourth-order valence-corrected chi connectivity index (χ4v) is 4.31. The monoisotopic (exact) mass is 429 g/mol. The number of fused-ring (bicyclic) bond motifs is 1. The maximum Gasteiger partial charge on any atom is 0.274 e. The van der Waals surface area contributed by atoms with Gasteiger partial charge in [0.05, 0.1) is 21.9 Å². The molecule has 0 aliphatic carbocycles. The first-order valence-electron chi connectivity index (χ1n) is 9.36. The Balaban J connectivity index is 1.75. The summed E-state index contributed by atoms with van der Waals surface area (Å²) >= 11 is 7.43. The van der Waals surface area contributed by atoms with Crippen LogP contribution in [0, 0.1) is 0 Å². The predicted molar refractivity (Wildman–Crippen MR) is 118 cm³/mol. The quantitative estimate of drug-likeness (QED) is 0.671. The van der Waals surface area contributed by atoms with Crippen molar-refractivity contribution in [1.29, 1.82) is 0 Å². The molecule has 0 spiro atoms. The van der Waals surface area contributed by atoms with Crippen molar-refractivity contribution in [3.05, 3.63) is 55.1 Å². The summed E-state index contributed by atoms with van der Waals surface area (Å²) in [5, 5.41) is 10.2. The molecule has 0 fully saturated rings. The van der Waals surface area contributed by atoms with Gasteiger partial charge in [0.25, 0.3) is 5.56 Å². The summed E-state index contributed by atoms with van der Waals surface area (Å²) in [7, 11) is 0. The smallest absolute Gasteiger partial charge is 0.274 e. The van der Waals surface area contributed by atoms with Gasteiger partial charge in [-0.2, -0.15) is 0 Å². The number of benzene rings is 1. The van der Waals surface area contributed by atoms with Crippen LogP contribution < -0.4 is 14.8 Å². The third kappa shape index (κ3) is 3.80. The molecule has 3 aromatic rings. The van der Waals surface area contributed by atoms with Gasteiger partial charge >= 0.3 is 0 Å². The van der Waals surface area contributed by atoms with E-state index >= 15 is 0 Å². The van der Waals surface area contributed by atoms with Crippen LogP contribution in [0.5, 0.6) is 11.5 Å². The van der Waals surface area contributed by atoms with Crippen molar-refractivity contribution in [2.24, 2.45) is 4.99 Å². The van der Waals surface area contributed by atoms with Crippen molar-refractivity contribution >= 4 is 45.8 Å². The number of hydrogen-bond acceptors (Lipinski definition) is 6. The Bertz CT molecular complexity index is 1260. The minimum atomic E-state index is -0.144. The molecule has 0 radical (unpaired) electrons. The number of imidazole rings is 1. The average molecular weight is 430 g/mol. The number of thiazole rings is 1. The van der Waals surface area contributed by atoms with Gasteiger partial charge in [-0.1, -0.05) is 35.4 Å². The van der Waals surface area contributed by atoms with Gasteiger partial charge in [0, 0.05) is 24.5 Å². The minimum absolute atomic E-state index is 0.0944. The molecule has 29 heavy (non-hydrogen) atoms. The average Bonchev–Trinajstić information content (AvgIpc) is 3.23. The van der Waals surface area contributed by atoms with E-state index in [1.807, 2.05) is 13.1 Å². The number of hydrogen-bond donors (Lipinski definition) is 1. The zero-order chi connectivity index (χ0) is 20.5. The van der Waals surface area contributed by atoms with Gasteiger partial charge in [0.1, 0.15) is 0 Å². The molecule has 1 aliphatic heterocycles. The lowest BCUT2D eigenvalue weighted by Crippen LogP contribution is -2.22. The van der Waals surface area contributed by atoms with E-state index in [1.54, 1.807) is 28.8 Å². The number of phenols is 1. The highest BCUT2D eigenvalue weighted by atomic mass is 35.5. The topological polar surface area (TPSA) is 76.2 Å². The van der Waals surface area contributed by atoms with Crippen LogP contribution in [-0.4, -0.2) is 33.9 Å². The van der Waals surface area contributed by atoms with Gasteiger partial charge in [-0.3, -0.25) is 14.2 Å². The molecule has 0 saturated carbocycles. The second kappa shape index (κ2) is 8.00. The molecule has 150 valence electrons. The first-order valence-corrected chi connectivity index (χ1v) is 10.6. The molecule has 2 aromatic heterocycles. The van der Waals surface area contributed by atoms with Gasteiger partial charge in [-0.15, -0.1) is 0 Å². The SMILES string of the molecule is CCCOc1cc(C=c2sc3nc(C4=C(C)CCN=C4)cn3c2=O)cc(Cl)c1O. The van der Waals surface area contributed by atoms with Crippen molar-refractivity contribution in [2.45, 2.75) is 26.7 Å². The number of aromatic hydroxyl groups is 1. The van der Waals surface area contributed by atoms with Crippen LogP contribution in [0.2, 0.25) is 5.02 Å². The largest absolute Gasteiger partial charge is 0.503 e. The number of dihydropyridines is 1. The molecule has 1 N–H and O–H groups in total. The molecule has 0 saturated heterocycles. The Morgan fingerprint density at radius 1 is 1.41 bits per heavy atom. The van der Waals surface area contributed by atoms with E-state index < -0.39 is 0 Å². The molecule has 3 heterocycles. The molecule has 0 unspecified atom stereocenters. The highest BCUT2D eigenvalue weighted by molar-refractivity contribution is 7.15. The number of halogens is 1. The normalized spacial score (nSPS) is 14.9. The first-order chi connectivity index (χ1) is 14.0. The number of phenolic OH excluding ortho intramolecular Hbond substituents is 1. The molecule has 0 bridgehead atoms. The number of allylic oxidation sites excluding steroid dienone is 1. The first kappa shape index (κ1) is 19.7. The van der Waals surface area contributed by atoms with E-state index in [9.17, 15) is 9.90 Å². The number of aliphatic imine (C=N–C) groups is 1. The van der Waals surface area contributed by atoms with Crippen molar-refractivity contribution in [1.82, 2.24) is 9.38 Å². The summed E-state index contributed by atoms with van der Waals surface area (Å²) in [5.41, 5.74) is 3.51. The van der Waals surface area contributed by atoms with Crippen LogP contribution >= 0.6 is 22.9 Å². The third-order valence-corrected chi connectivity index (χ3v) is 5.96. The van der Waals surface area contributed by atoms with Gasteiger partial charge in [0.15, 0.2) is 16.5 Å². The molecular formula is C21H20ClN3O3S. The van der Waals surface area contributed by atoms with E-state index in [4.69, 9.17) is 16.3 Å². The highest BCUT2D eigenvalue weighted by Gasteiger charge is 2.15. The summed E-state index contributed by atoms with van der Waals surface area (Å²) in [6.07, 6.45) is 7.05. The zero-order valence-corrected chi connectivity index (χ0v) is 17.7. The summed E-state index contributed by atoms with van der Waals surface area (Å²) in [6.45, 7) is 5.31. The Morgan fingerprint density at radius 2 is 2.24 bits per heavy atom. The van der Waals surface area contributed by atoms with Gasteiger partial charge in [0.2, 0.25) is 0 Å². The lowest BCUT2D eigenvalue weighted by molar-refractivity contribution is 0.299. The zero-order valence-electron chi connectivity index (χ0n) is 16.1. The highest BCUT2D eigenvalue weighted by Crippen LogP contribution is 2.35. The minimum Gasteiger partial charge on any atom is -0.503 e. The van der Waals surface area contributed by atoms with Crippen LogP contribution in [0.4, 0.5) is 0 Å². The summed E-state index contributed by atoms with van der Waals surface area (Å²) in [4.78, 5) is 22.4. The van der Waals surface area contributed by atoms with Gasteiger partial charge in [-0.05, 0) is 43.5 Å². The van der Waals surface area contributed by atoms with Crippen molar-refractivity contribution in [2.75, 3.05) is 13.2 Å². The second-order valence-electron chi connectivity index (χ2n) is 6.87. The van der Waals surface area contributed by atoms with E-state index in [-0.39, 0.29) is 16.3 Å². The fourth-order valence-electron chi connectivity index (χ4n) is 3.13. The lowest BCUT2D eigenvalue weighted by Gasteiger charge is -2.09. The predicted octanol–water partition coefficient (Wildman–Crippen LogP) is 3.70. The number of ether oxygens (including phenoxy) is 1. The van der Waals surface area contributed by atoms with Crippen molar-refractivity contribution < 1.29 is 9.84 Å². The fraction of sp³-hybridized carbons (Fsp3) is 0.286. The maximum atomic E-state index is 12.9. The van der Waals surface area contributed by atoms with Crippen LogP contribution in [0.15, 0.2) is 33.7 Å². The molecule has 4 rings (SSSR count). The summed E-state index contributed by atoms with van der Waals surface area (Å²) in [6, 6.07) is 3.28. The molecular weight excluding hydrogens is 410 g/mol. The summed E-state index contributed by atoms with van der Waals surface area (Å²) < 4.78 is 7.64. The van der Waals surface area contributed by atoms with Gasteiger partial charge < -0.3 is 9.84 Å². The van der Waals surface area contributed by atoms with Crippen LogP contribution in [0.1, 0.15) is 37.9 Å². The Hall–Kier alpha value is -2.64. The molecule has 0 amide bonds. The third-order valence-electron chi connectivity index (χ3n) is 4.69. The Labute approximate surface area is 176 Å². The molecule has 1 aromatic carbocycles. The number of aromatic nitrogens is 2. The van der Waals surface area contributed by atoms with Gasteiger partial charge in [-0.25, -0.2) is 4.98 Å². The van der Waals surface area contributed by atoms with Crippen LogP contribution in [0.3, 0.4) is 0 Å². The maximum absolute atomic E-state index is 12.9. The Morgan fingerprint density at radius 3 is 2.97 bits per heavy atom. The van der Waals surface area contributed by atoms with E-state index in [2.05, 4.69) is 16.9 Å². The standard InChI is InChI=1S/C21H20ClN3O3S/c1-3-6-28-17-8-13(7-15(22)19(17)26)9-18-20(27)25-11-16(24-21(25)29-18)14-10-23-5-4-12(14)2/h7-11,26H,3-6H2,1-2H3. The molecule has 1 aliphatic rings. The van der Waals surface area contributed by atoms with E-state index in [1.165, 1.54) is 16.9 Å².